The number of aliphatic carboxylic acids is 1. The molecule has 1 aromatic rings. The Labute approximate surface area is 103 Å². The van der Waals surface area contributed by atoms with Gasteiger partial charge in [0.1, 0.15) is 11.3 Å². The molecule has 1 aliphatic heterocycles. The van der Waals surface area contributed by atoms with Gasteiger partial charge in [-0.2, -0.15) is 0 Å². The molecule has 2 N–H and O–H groups in total. The van der Waals surface area contributed by atoms with Gasteiger partial charge in [0, 0.05) is 13.0 Å². The summed E-state index contributed by atoms with van der Waals surface area (Å²) in [6.45, 7) is 3.52. The van der Waals surface area contributed by atoms with Gasteiger partial charge in [-0.25, -0.2) is 4.79 Å². The fourth-order valence-electron chi connectivity index (χ4n) is 1.97. The number of carbonyl (C=O) groups is 2. The molecule has 0 spiro atoms. The Morgan fingerprint density at radius 1 is 1.44 bits per heavy atom. The molecule has 18 heavy (non-hydrogen) atoms. The van der Waals surface area contributed by atoms with E-state index in [0.717, 1.165) is 0 Å². The molecule has 1 unspecified atom stereocenters. The molecule has 1 aromatic heterocycles. The quantitative estimate of drug-likeness (QED) is 0.802. The van der Waals surface area contributed by atoms with Crippen molar-refractivity contribution >= 4 is 11.9 Å². The molecule has 0 radical (unpaired) electrons. The van der Waals surface area contributed by atoms with Crippen LogP contribution >= 0.6 is 0 Å². The smallest absolute Gasteiger partial charge is 0.331 e. The highest BCUT2D eigenvalue weighted by molar-refractivity contribution is 5.99. The van der Waals surface area contributed by atoms with Crippen LogP contribution in [0.4, 0.5) is 0 Å². The molecule has 2 heterocycles. The number of hydrogen-bond donors (Lipinski definition) is 2. The summed E-state index contributed by atoms with van der Waals surface area (Å²) in [7, 11) is 0. The first kappa shape index (κ1) is 12.6. The largest absolute Gasteiger partial charge is 0.479 e. The van der Waals surface area contributed by atoms with Crippen LogP contribution in [0.3, 0.4) is 0 Å². The van der Waals surface area contributed by atoms with Crippen LogP contribution in [0.1, 0.15) is 28.2 Å². The Bertz CT molecular complexity index is 468. The van der Waals surface area contributed by atoms with Crippen LogP contribution in [0.5, 0.6) is 0 Å². The van der Waals surface area contributed by atoms with E-state index in [1.807, 2.05) is 0 Å². The van der Waals surface area contributed by atoms with Gasteiger partial charge in [0.2, 0.25) is 0 Å². The molecule has 7 nitrogen and oxygen atoms in total. The molecule has 1 saturated heterocycles. The molecular weight excluding hydrogens is 240 g/mol. The van der Waals surface area contributed by atoms with Crippen LogP contribution in [-0.2, 0) is 9.53 Å². The van der Waals surface area contributed by atoms with Crippen LogP contribution in [-0.4, -0.2) is 40.9 Å². The first-order chi connectivity index (χ1) is 8.46. The van der Waals surface area contributed by atoms with E-state index in [2.05, 4.69) is 10.5 Å². The third kappa shape index (κ3) is 1.97. The highest BCUT2D eigenvalue weighted by atomic mass is 16.5. The second-order valence-electron chi connectivity index (χ2n) is 4.34. The van der Waals surface area contributed by atoms with Crippen LogP contribution in [0.15, 0.2) is 4.52 Å². The lowest BCUT2D eigenvalue weighted by Crippen LogP contribution is -2.55. The topological polar surface area (TPSA) is 102 Å². The predicted octanol–water partition coefficient (Wildman–Crippen LogP) is 0.265. The van der Waals surface area contributed by atoms with Crippen LogP contribution in [0.25, 0.3) is 0 Å². The normalized spacial score (nSPS) is 23.0. The Kier molecular flexibility index (Phi) is 3.08. The summed E-state index contributed by atoms with van der Waals surface area (Å²) < 4.78 is 9.95. The van der Waals surface area contributed by atoms with E-state index in [4.69, 9.17) is 9.26 Å². The van der Waals surface area contributed by atoms with Gasteiger partial charge in [-0.15, -0.1) is 0 Å². The number of carboxylic acids is 1. The van der Waals surface area contributed by atoms with Crippen molar-refractivity contribution in [1.82, 2.24) is 10.5 Å². The van der Waals surface area contributed by atoms with Crippen molar-refractivity contribution in [3.63, 3.8) is 0 Å². The molecule has 1 fully saturated rings. The van der Waals surface area contributed by atoms with E-state index in [-0.39, 0.29) is 18.6 Å². The van der Waals surface area contributed by atoms with Gasteiger partial charge < -0.3 is 19.7 Å². The first-order valence-electron chi connectivity index (χ1n) is 5.53. The number of carboxylic acid groups (broad SMARTS) is 1. The minimum Gasteiger partial charge on any atom is -0.479 e. The average Bonchev–Trinajstić information content (AvgIpc) is 2.87. The molecule has 0 bridgehead atoms. The number of ether oxygens (including phenoxy) is 1. The van der Waals surface area contributed by atoms with Gasteiger partial charge in [-0.1, -0.05) is 5.16 Å². The maximum atomic E-state index is 12.1. The van der Waals surface area contributed by atoms with Crippen molar-refractivity contribution in [2.45, 2.75) is 25.8 Å². The number of amides is 1. The molecule has 1 atom stereocenters. The zero-order chi connectivity index (χ0) is 13.3. The predicted molar refractivity (Wildman–Crippen MR) is 59.2 cm³/mol. The molecule has 7 heteroatoms. The van der Waals surface area contributed by atoms with Gasteiger partial charge in [0.05, 0.1) is 12.3 Å². The number of nitrogens with one attached hydrogen (secondary N) is 1. The van der Waals surface area contributed by atoms with E-state index >= 15 is 0 Å². The van der Waals surface area contributed by atoms with Crippen molar-refractivity contribution in [3.8, 4) is 0 Å². The Balaban J connectivity index is 2.23. The summed E-state index contributed by atoms with van der Waals surface area (Å²) in [4.78, 5) is 23.3. The summed E-state index contributed by atoms with van der Waals surface area (Å²) >= 11 is 0. The third-order valence-electron chi connectivity index (χ3n) is 3.04. The summed E-state index contributed by atoms with van der Waals surface area (Å²) in [5.74, 6) is -1.23. The molecule has 2 rings (SSSR count). The second kappa shape index (κ2) is 4.41. The Hall–Kier alpha value is -1.89. The summed E-state index contributed by atoms with van der Waals surface area (Å²) in [5.41, 5.74) is -0.639. The maximum Gasteiger partial charge on any atom is 0.331 e. The molecular formula is C11H14N2O5. The highest BCUT2D eigenvalue weighted by Gasteiger charge is 2.44. The van der Waals surface area contributed by atoms with Crippen molar-refractivity contribution < 1.29 is 24.0 Å². The van der Waals surface area contributed by atoms with Crippen LogP contribution in [0.2, 0.25) is 0 Å². The highest BCUT2D eigenvalue weighted by Crippen LogP contribution is 2.21. The van der Waals surface area contributed by atoms with Crippen molar-refractivity contribution in [3.05, 3.63) is 17.0 Å². The lowest BCUT2D eigenvalue weighted by Gasteiger charge is -2.23. The molecule has 0 aliphatic carbocycles. The number of aryl methyl sites for hydroxylation is 2. The summed E-state index contributed by atoms with van der Waals surface area (Å²) in [5, 5.41) is 15.4. The Morgan fingerprint density at radius 2 is 2.17 bits per heavy atom. The summed E-state index contributed by atoms with van der Waals surface area (Å²) in [6.07, 6.45) is 0.247. The minimum atomic E-state index is -1.35. The van der Waals surface area contributed by atoms with Gasteiger partial charge in [0.15, 0.2) is 5.54 Å². The van der Waals surface area contributed by atoms with E-state index in [0.29, 0.717) is 18.1 Å². The molecule has 1 amide bonds. The zero-order valence-electron chi connectivity index (χ0n) is 10.1. The fourth-order valence-corrected chi connectivity index (χ4v) is 1.97. The van der Waals surface area contributed by atoms with Crippen LogP contribution < -0.4 is 5.32 Å². The fraction of sp³-hybridized carbons (Fsp3) is 0.545. The lowest BCUT2D eigenvalue weighted by atomic mass is 9.98. The van der Waals surface area contributed by atoms with Gasteiger partial charge in [0.25, 0.3) is 5.91 Å². The van der Waals surface area contributed by atoms with Crippen LogP contribution in [0, 0.1) is 13.8 Å². The minimum absolute atomic E-state index is 0.0303. The number of carbonyl (C=O) groups excluding carboxylic acids is 1. The number of nitrogens with zero attached hydrogens (tertiary/aromatic N) is 1. The molecule has 0 saturated carbocycles. The van der Waals surface area contributed by atoms with Crippen molar-refractivity contribution in [1.29, 1.82) is 0 Å². The monoisotopic (exact) mass is 254 g/mol. The van der Waals surface area contributed by atoms with E-state index in [1.165, 1.54) is 0 Å². The van der Waals surface area contributed by atoms with Gasteiger partial charge in [-0.3, -0.25) is 4.79 Å². The summed E-state index contributed by atoms with van der Waals surface area (Å²) in [6, 6.07) is 0. The number of hydrogen-bond acceptors (Lipinski definition) is 5. The third-order valence-corrected chi connectivity index (χ3v) is 3.04. The molecule has 0 aromatic carbocycles. The van der Waals surface area contributed by atoms with Crippen molar-refractivity contribution in [2.75, 3.05) is 13.2 Å². The standard InChI is InChI=1S/C11H14N2O5/c1-6-8(7(2)18-13-6)9(14)12-11(10(15)16)3-4-17-5-11/h3-5H2,1-2H3,(H,12,14)(H,15,16). The molecule has 98 valence electrons. The van der Waals surface area contributed by atoms with E-state index in [1.54, 1.807) is 13.8 Å². The van der Waals surface area contributed by atoms with E-state index < -0.39 is 17.4 Å². The van der Waals surface area contributed by atoms with Gasteiger partial charge in [-0.05, 0) is 13.8 Å². The average molecular weight is 254 g/mol. The van der Waals surface area contributed by atoms with Gasteiger partial charge >= 0.3 is 5.97 Å². The first-order valence-corrected chi connectivity index (χ1v) is 5.53. The lowest BCUT2D eigenvalue weighted by molar-refractivity contribution is -0.144. The Morgan fingerprint density at radius 3 is 2.61 bits per heavy atom. The second-order valence-corrected chi connectivity index (χ2v) is 4.34. The number of rotatable bonds is 3. The maximum absolute atomic E-state index is 12.1. The zero-order valence-corrected chi connectivity index (χ0v) is 10.1. The van der Waals surface area contributed by atoms with Crippen molar-refractivity contribution in [2.24, 2.45) is 0 Å². The van der Waals surface area contributed by atoms with E-state index in [9.17, 15) is 14.7 Å². The SMILES string of the molecule is Cc1noc(C)c1C(=O)NC1(C(=O)O)CCOC1. The number of aromatic nitrogens is 1. The molecule has 1 aliphatic rings.